The number of hydrogen-bond donors (Lipinski definition) is 1. The zero-order chi connectivity index (χ0) is 14.8. The van der Waals surface area contributed by atoms with E-state index in [1.165, 1.54) is 0 Å². The summed E-state index contributed by atoms with van der Waals surface area (Å²) in [6.07, 6.45) is 0.290. The Morgan fingerprint density at radius 1 is 1.35 bits per heavy atom. The quantitative estimate of drug-likeness (QED) is 0.918. The van der Waals surface area contributed by atoms with Crippen LogP contribution in [0, 0.1) is 11.7 Å². The number of halogens is 3. The third-order valence-electron chi connectivity index (χ3n) is 3.49. The van der Waals surface area contributed by atoms with Gasteiger partial charge in [-0.3, -0.25) is 0 Å². The van der Waals surface area contributed by atoms with Crippen LogP contribution in [-0.4, -0.2) is 23.6 Å². The lowest BCUT2D eigenvalue weighted by atomic mass is 9.87. The van der Waals surface area contributed by atoms with E-state index in [0.29, 0.717) is 12.8 Å². The Bertz CT molecular complexity index is 492. The zero-order valence-electron chi connectivity index (χ0n) is 10.7. The summed E-state index contributed by atoms with van der Waals surface area (Å²) in [6, 6.07) is 3.27. The molecule has 0 unspecified atom stereocenters. The van der Waals surface area contributed by atoms with E-state index in [0.717, 1.165) is 18.2 Å². The summed E-state index contributed by atoms with van der Waals surface area (Å²) in [5, 5.41) is 8.81. The number of carbonyl (C=O) groups is 1. The Labute approximate surface area is 114 Å². The smallest absolute Gasteiger partial charge is 0.335 e. The topological polar surface area (TPSA) is 46.5 Å². The van der Waals surface area contributed by atoms with E-state index < -0.39 is 17.7 Å². The molecule has 6 heteroatoms. The molecule has 0 spiro atoms. The average Bonchev–Trinajstić information content (AvgIpc) is 2.39. The van der Waals surface area contributed by atoms with Crippen molar-refractivity contribution >= 4 is 5.97 Å². The molecule has 110 valence electrons. The highest BCUT2D eigenvalue weighted by Gasteiger charge is 2.35. The molecule has 0 amide bonds. The minimum absolute atomic E-state index is 0.0532. The van der Waals surface area contributed by atoms with Crippen LogP contribution in [0.3, 0.4) is 0 Å². The zero-order valence-corrected chi connectivity index (χ0v) is 10.7. The molecule has 0 bridgehead atoms. The number of hydrogen-bond acceptors (Lipinski definition) is 2. The van der Waals surface area contributed by atoms with Crippen molar-refractivity contribution in [1.29, 1.82) is 0 Å². The van der Waals surface area contributed by atoms with Crippen LogP contribution in [0.2, 0.25) is 0 Å². The molecule has 0 radical (unpaired) electrons. The lowest BCUT2D eigenvalue weighted by Crippen LogP contribution is -2.27. The monoisotopic (exact) mass is 288 g/mol. The summed E-state index contributed by atoms with van der Waals surface area (Å²) in [5.41, 5.74) is -0.0726. The minimum Gasteiger partial charge on any atom is -0.490 e. The van der Waals surface area contributed by atoms with Crippen LogP contribution in [-0.2, 0) is 0 Å². The fourth-order valence-electron chi connectivity index (χ4n) is 2.22. The predicted octanol–water partition coefficient (Wildman–Crippen LogP) is 3.73. The van der Waals surface area contributed by atoms with Gasteiger partial charge in [0.2, 0.25) is 5.92 Å². The first-order chi connectivity index (χ1) is 9.37. The first-order valence-electron chi connectivity index (χ1n) is 6.41. The number of benzene rings is 1. The molecule has 0 heterocycles. The molecular weight excluding hydrogens is 273 g/mol. The molecule has 1 fully saturated rings. The molecule has 1 aromatic carbocycles. The summed E-state index contributed by atoms with van der Waals surface area (Å²) >= 11 is 0. The minimum atomic E-state index is -2.61. The van der Waals surface area contributed by atoms with Crippen molar-refractivity contribution in [2.75, 3.05) is 6.61 Å². The van der Waals surface area contributed by atoms with E-state index >= 15 is 0 Å². The summed E-state index contributed by atoms with van der Waals surface area (Å²) in [4.78, 5) is 10.8. The van der Waals surface area contributed by atoms with Gasteiger partial charge in [-0.05, 0) is 37.0 Å². The van der Waals surface area contributed by atoms with Crippen molar-refractivity contribution in [1.82, 2.24) is 0 Å². The number of alkyl halides is 2. The van der Waals surface area contributed by atoms with Crippen LogP contribution < -0.4 is 4.74 Å². The second kappa shape index (κ2) is 5.73. The van der Waals surface area contributed by atoms with Gasteiger partial charge in [-0.2, -0.15) is 0 Å². The first-order valence-corrected chi connectivity index (χ1v) is 6.41. The van der Waals surface area contributed by atoms with Gasteiger partial charge < -0.3 is 9.84 Å². The molecule has 1 aromatic rings. The van der Waals surface area contributed by atoms with Crippen molar-refractivity contribution in [3.63, 3.8) is 0 Å². The van der Waals surface area contributed by atoms with E-state index in [1.807, 2.05) is 0 Å². The van der Waals surface area contributed by atoms with Gasteiger partial charge in [-0.25, -0.2) is 18.0 Å². The number of rotatable bonds is 4. The maximum Gasteiger partial charge on any atom is 0.335 e. The standard InChI is InChI=1S/C14H15F3O3/c15-11-2-1-10(13(18)19)7-12(11)20-8-9-3-5-14(16,17)6-4-9/h1-2,7,9H,3-6,8H2,(H,18,19). The third-order valence-corrected chi connectivity index (χ3v) is 3.49. The van der Waals surface area contributed by atoms with Crippen LogP contribution in [0.25, 0.3) is 0 Å². The summed E-state index contributed by atoms with van der Waals surface area (Å²) < 4.78 is 44.7. The van der Waals surface area contributed by atoms with Gasteiger partial charge in [0, 0.05) is 12.8 Å². The summed E-state index contributed by atoms with van der Waals surface area (Å²) in [5.74, 6) is -4.64. The second-order valence-electron chi connectivity index (χ2n) is 5.06. The highest BCUT2D eigenvalue weighted by Crippen LogP contribution is 2.36. The predicted molar refractivity (Wildman–Crippen MR) is 65.8 cm³/mol. The van der Waals surface area contributed by atoms with Crippen molar-refractivity contribution in [3.05, 3.63) is 29.6 Å². The molecule has 0 atom stereocenters. The van der Waals surface area contributed by atoms with Gasteiger partial charge in [-0.1, -0.05) is 0 Å². The molecule has 2 rings (SSSR count). The van der Waals surface area contributed by atoms with E-state index in [4.69, 9.17) is 9.84 Å². The molecule has 3 nitrogen and oxygen atoms in total. The van der Waals surface area contributed by atoms with Crippen LogP contribution in [0.1, 0.15) is 36.0 Å². The summed E-state index contributed by atoms with van der Waals surface area (Å²) in [6.45, 7) is 0.121. The lowest BCUT2D eigenvalue weighted by Gasteiger charge is -2.28. The highest BCUT2D eigenvalue weighted by molar-refractivity contribution is 5.88. The van der Waals surface area contributed by atoms with Crippen LogP contribution in [0.15, 0.2) is 18.2 Å². The number of ether oxygens (including phenoxy) is 1. The maximum absolute atomic E-state index is 13.5. The van der Waals surface area contributed by atoms with Crippen molar-refractivity contribution in [2.24, 2.45) is 5.92 Å². The van der Waals surface area contributed by atoms with Gasteiger partial charge in [0.15, 0.2) is 11.6 Å². The molecule has 0 aromatic heterocycles. The van der Waals surface area contributed by atoms with Gasteiger partial charge in [0.05, 0.1) is 12.2 Å². The molecule has 1 aliphatic rings. The van der Waals surface area contributed by atoms with Crippen molar-refractivity contribution < 1.29 is 27.8 Å². The first kappa shape index (κ1) is 14.7. The van der Waals surface area contributed by atoms with E-state index in [1.54, 1.807) is 0 Å². The third kappa shape index (κ3) is 3.65. The normalized spacial score (nSPS) is 18.8. The molecule has 20 heavy (non-hydrogen) atoms. The molecule has 0 saturated heterocycles. The molecule has 0 aliphatic heterocycles. The Balaban J connectivity index is 1.94. The van der Waals surface area contributed by atoms with Gasteiger partial charge >= 0.3 is 5.97 Å². The molecule has 1 N–H and O–H groups in total. The molecule has 1 aliphatic carbocycles. The Kier molecular flexibility index (Phi) is 4.20. The summed E-state index contributed by atoms with van der Waals surface area (Å²) in [7, 11) is 0. The van der Waals surface area contributed by atoms with Crippen molar-refractivity contribution in [3.8, 4) is 5.75 Å². The van der Waals surface area contributed by atoms with Gasteiger partial charge in [0.1, 0.15) is 0 Å². The fraction of sp³-hybridized carbons (Fsp3) is 0.500. The second-order valence-corrected chi connectivity index (χ2v) is 5.06. The van der Waals surface area contributed by atoms with Crippen LogP contribution in [0.4, 0.5) is 13.2 Å². The maximum atomic E-state index is 13.5. The lowest BCUT2D eigenvalue weighted by molar-refractivity contribution is -0.0499. The SMILES string of the molecule is O=C(O)c1ccc(F)c(OCC2CCC(F)(F)CC2)c1. The number of carboxylic acid groups (broad SMARTS) is 1. The molecular formula is C14H15F3O3. The Hall–Kier alpha value is -1.72. The van der Waals surface area contributed by atoms with Gasteiger partial charge in [-0.15, -0.1) is 0 Å². The Morgan fingerprint density at radius 3 is 2.60 bits per heavy atom. The number of aromatic carboxylic acids is 1. The van der Waals surface area contributed by atoms with Crippen LogP contribution >= 0.6 is 0 Å². The van der Waals surface area contributed by atoms with Crippen molar-refractivity contribution in [2.45, 2.75) is 31.6 Å². The van der Waals surface area contributed by atoms with Crippen LogP contribution in [0.5, 0.6) is 5.75 Å². The van der Waals surface area contributed by atoms with E-state index in [-0.39, 0.29) is 36.7 Å². The Morgan fingerprint density at radius 2 is 2.00 bits per heavy atom. The van der Waals surface area contributed by atoms with Gasteiger partial charge in [0.25, 0.3) is 0 Å². The highest BCUT2D eigenvalue weighted by atomic mass is 19.3. The largest absolute Gasteiger partial charge is 0.490 e. The fourth-order valence-corrected chi connectivity index (χ4v) is 2.22. The number of carboxylic acids is 1. The molecule has 1 saturated carbocycles. The van der Waals surface area contributed by atoms with E-state index in [9.17, 15) is 18.0 Å². The average molecular weight is 288 g/mol. The van der Waals surface area contributed by atoms with E-state index in [2.05, 4.69) is 0 Å².